The van der Waals surface area contributed by atoms with E-state index >= 15 is 0 Å². The summed E-state index contributed by atoms with van der Waals surface area (Å²) < 4.78 is 38.1. The molecular formula is C17H15Cl2NO5S. The fraction of sp³-hybridized carbons (Fsp3) is 0.235. The Labute approximate surface area is 161 Å². The van der Waals surface area contributed by atoms with Gasteiger partial charge >= 0.3 is 0 Å². The van der Waals surface area contributed by atoms with E-state index in [0.29, 0.717) is 41.7 Å². The number of carbonyl (C=O) groups is 1. The Hall–Kier alpha value is -1.96. The first-order chi connectivity index (χ1) is 12.3. The highest BCUT2D eigenvalue weighted by molar-refractivity contribution is 7.90. The van der Waals surface area contributed by atoms with Gasteiger partial charge < -0.3 is 9.47 Å². The average molecular weight is 416 g/mol. The maximum atomic E-state index is 12.5. The largest absolute Gasteiger partial charge is 0.489 e. The lowest BCUT2D eigenvalue weighted by atomic mass is 10.2. The lowest BCUT2D eigenvalue weighted by Gasteiger charge is -2.13. The van der Waals surface area contributed by atoms with Crippen molar-refractivity contribution in [1.29, 1.82) is 0 Å². The first-order valence-corrected chi connectivity index (χ1v) is 9.95. The highest BCUT2D eigenvalue weighted by Gasteiger charge is 2.24. The number of carbonyl (C=O) groups excluding carboxylic acids is 1. The molecule has 138 valence electrons. The molecule has 26 heavy (non-hydrogen) atoms. The summed E-state index contributed by atoms with van der Waals surface area (Å²) in [5, 5.41) is 0.463. The molecule has 3 rings (SSSR count). The predicted octanol–water partition coefficient (Wildman–Crippen LogP) is 3.58. The van der Waals surface area contributed by atoms with Crippen LogP contribution in [0.3, 0.4) is 0 Å². The molecule has 0 unspecified atom stereocenters. The van der Waals surface area contributed by atoms with E-state index in [1.54, 1.807) is 13.0 Å². The molecule has 0 atom stereocenters. The van der Waals surface area contributed by atoms with E-state index in [-0.39, 0.29) is 15.5 Å². The van der Waals surface area contributed by atoms with Crippen molar-refractivity contribution >= 4 is 39.1 Å². The summed E-state index contributed by atoms with van der Waals surface area (Å²) in [7, 11) is -4.10. The summed E-state index contributed by atoms with van der Waals surface area (Å²) in [4.78, 5) is 12.4. The monoisotopic (exact) mass is 415 g/mol. The van der Waals surface area contributed by atoms with Gasteiger partial charge in [0, 0.05) is 17.0 Å². The van der Waals surface area contributed by atoms with Gasteiger partial charge in [0.25, 0.3) is 15.9 Å². The predicted molar refractivity (Wildman–Crippen MR) is 97.9 cm³/mol. The minimum absolute atomic E-state index is 0.0440. The van der Waals surface area contributed by atoms with E-state index in [1.165, 1.54) is 24.3 Å². The van der Waals surface area contributed by atoms with Crippen LogP contribution in [0.25, 0.3) is 0 Å². The molecule has 1 amide bonds. The zero-order valence-corrected chi connectivity index (χ0v) is 16.0. The smallest absolute Gasteiger partial charge is 0.265 e. The molecule has 6 nitrogen and oxygen atoms in total. The fourth-order valence-corrected chi connectivity index (χ4v) is 4.22. The summed E-state index contributed by atoms with van der Waals surface area (Å²) in [6, 6.07) is 7.19. The number of ether oxygens (including phenoxy) is 2. The Morgan fingerprint density at radius 3 is 2.62 bits per heavy atom. The minimum atomic E-state index is -4.10. The summed E-state index contributed by atoms with van der Waals surface area (Å²) in [5.41, 5.74) is 0.397. The zero-order valence-electron chi connectivity index (χ0n) is 13.7. The van der Waals surface area contributed by atoms with Gasteiger partial charge in [-0.2, -0.15) is 0 Å². The molecule has 1 aliphatic rings. The van der Waals surface area contributed by atoms with Crippen molar-refractivity contribution < 1.29 is 22.7 Å². The van der Waals surface area contributed by atoms with Crippen molar-refractivity contribution in [2.45, 2.75) is 18.2 Å². The molecule has 0 fully saturated rings. The van der Waals surface area contributed by atoms with Gasteiger partial charge in [-0.05, 0) is 36.8 Å². The van der Waals surface area contributed by atoms with Crippen molar-refractivity contribution in [2.24, 2.45) is 0 Å². The van der Waals surface area contributed by atoms with E-state index in [9.17, 15) is 13.2 Å². The van der Waals surface area contributed by atoms with Crippen LogP contribution >= 0.6 is 23.2 Å². The molecule has 0 bridgehead atoms. The lowest BCUT2D eigenvalue weighted by Crippen LogP contribution is -2.31. The molecule has 0 spiro atoms. The van der Waals surface area contributed by atoms with Crippen LogP contribution in [-0.2, 0) is 10.0 Å². The van der Waals surface area contributed by atoms with Gasteiger partial charge in [-0.1, -0.05) is 29.3 Å². The van der Waals surface area contributed by atoms with Crippen molar-refractivity contribution in [3.63, 3.8) is 0 Å². The highest BCUT2D eigenvalue weighted by atomic mass is 35.5. The minimum Gasteiger partial charge on any atom is -0.489 e. The number of benzene rings is 2. The number of fused-ring (bicyclic) bond motifs is 1. The van der Waals surface area contributed by atoms with Crippen LogP contribution in [0.1, 0.15) is 22.3 Å². The molecule has 0 aromatic heterocycles. The van der Waals surface area contributed by atoms with Crippen molar-refractivity contribution in [3.8, 4) is 11.5 Å². The molecule has 9 heteroatoms. The molecule has 1 heterocycles. The second kappa shape index (κ2) is 7.34. The Bertz CT molecular complexity index is 975. The number of halogens is 2. The fourth-order valence-electron chi connectivity index (χ4n) is 2.48. The van der Waals surface area contributed by atoms with Gasteiger partial charge in [0.15, 0.2) is 11.5 Å². The second-order valence-corrected chi connectivity index (χ2v) is 8.10. The van der Waals surface area contributed by atoms with Crippen LogP contribution in [0.4, 0.5) is 0 Å². The summed E-state index contributed by atoms with van der Waals surface area (Å²) in [6.45, 7) is 2.42. The highest BCUT2D eigenvalue weighted by Crippen LogP contribution is 2.38. The van der Waals surface area contributed by atoms with Crippen LogP contribution in [0.15, 0.2) is 35.2 Å². The van der Waals surface area contributed by atoms with Gasteiger partial charge in [-0.15, -0.1) is 0 Å². The maximum Gasteiger partial charge on any atom is 0.265 e. The van der Waals surface area contributed by atoms with Gasteiger partial charge in [-0.3, -0.25) is 4.79 Å². The molecule has 1 N–H and O–H groups in total. The van der Waals surface area contributed by atoms with E-state index in [0.717, 1.165) is 0 Å². The summed E-state index contributed by atoms with van der Waals surface area (Å²) in [5.74, 6) is -0.187. The number of hydrogen-bond acceptors (Lipinski definition) is 5. The zero-order chi connectivity index (χ0) is 18.9. The Morgan fingerprint density at radius 1 is 1.12 bits per heavy atom. The van der Waals surface area contributed by atoms with Crippen LogP contribution in [0.5, 0.6) is 11.5 Å². The number of rotatable bonds is 3. The first kappa shape index (κ1) is 18.8. The Balaban J connectivity index is 1.92. The maximum absolute atomic E-state index is 12.5. The topological polar surface area (TPSA) is 81.7 Å². The summed E-state index contributed by atoms with van der Waals surface area (Å²) >= 11 is 12.1. The number of nitrogens with one attached hydrogen (secondary N) is 1. The first-order valence-electron chi connectivity index (χ1n) is 7.71. The summed E-state index contributed by atoms with van der Waals surface area (Å²) in [6.07, 6.45) is 0.676. The van der Waals surface area contributed by atoms with Crippen molar-refractivity contribution in [2.75, 3.05) is 13.2 Å². The van der Waals surface area contributed by atoms with Gasteiger partial charge in [0.1, 0.15) is 0 Å². The third-order valence-corrected chi connectivity index (χ3v) is 5.96. The molecule has 1 aliphatic heterocycles. The molecule has 0 saturated heterocycles. The molecular weight excluding hydrogens is 401 g/mol. The number of sulfonamides is 1. The third-order valence-electron chi connectivity index (χ3n) is 3.80. The van der Waals surface area contributed by atoms with Gasteiger partial charge in [0.2, 0.25) is 0 Å². The average Bonchev–Trinajstić information content (AvgIpc) is 2.82. The van der Waals surface area contributed by atoms with Crippen LogP contribution in [0.2, 0.25) is 10.0 Å². The van der Waals surface area contributed by atoms with Gasteiger partial charge in [-0.25, -0.2) is 13.1 Å². The molecule has 2 aromatic rings. The van der Waals surface area contributed by atoms with E-state index in [2.05, 4.69) is 0 Å². The van der Waals surface area contributed by atoms with Gasteiger partial charge in [0.05, 0.1) is 23.1 Å². The van der Waals surface area contributed by atoms with E-state index in [4.69, 9.17) is 32.7 Å². The van der Waals surface area contributed by atoms with Crippen molar-refractivity contribution in [1.82, 2.24) is 4.72 Å². The number of hydrogen-bond donors (Lipinski definition) is 1. The standard InChI is InChI=1S/C17H15Cl2NO5S/c1-10-12(18)4-2-5-15(10)26(22,23)20-17(21)11-8-13(19)16-14(9-11)24-6-3-7-25-16/h2,4-5,8-9H,3,6-7H2,1H3,(H,20,21). The van der Waals surface area contributed by atoms with E-state index in [1.807, 2.05) is 4.72 Å². The van der Waals surface area contributed by atoms with E-state index < -0.39 is 15.9 Å². The normalized spacial score (nSPS) is 13.8. The third kappa shape index (κ3) is 3.75. The molecule has 0 saturated carbocycles. The Kier molecular flexibility index (Phi) is 5.32. The number of amides is 1. The molecule has 0 aliphatic carbocycles. The lowest BCUT2D eigenvalue weighted by molar-refractivity contribution is 0.0981. The van der Waals surface area contributed by atoms with Crippen LogP contribution in [0, 0.1) is 6.92 Å². The van der Waals surface area contributed by atoms with Crippen LogP contribution in [-0.4, -0.2) is 27.5 Å². The van der Waals surface area contributed by atoms with Crippen molar-refractivity contribution in [3.05, 3.63) is 51.5 Å². The quantitative estimate of drug-likeness (QED) is 0.827. The second-order valence-electron chi connectivity index (χ2n) is 5.63. The Morgan fingerprint density at radius 2 is 1.85 bits per heavy atom. The van der Waals surface area contributed by atoms with Crippen LogP contribution < -0.4 is 14.2 Å². The molecule has 2 aromatic carbocycles. The SMILES string of the molecule is Cc1c(Cl)cccc1S(=O)(=O)NC(=O)c1cc(Cl)c2c(c1)OCCCO2. The molecule has 0 radical (unpaired) electrons.